The number of benzene rings is 2. The molecule has 6 heteroatoms. The van der Waals surface area contributed by atoms with Gasteiger partial charge in [-0.05, 0) is 42.6 Å². The molecule has 166 valence electrons. The van der Waals surface area contributed by atoms with Crippen molar-refractivity contribution in [3.8, 4) is 5.75 Å². The van der Waals surface area contributed by atoms with E-state index in [1.807, 2.05) is 18.2 Å². The first-order valence-electron chi connectivity index (χ1n) is 11.2. The highest BCUT2D eigenvalue weighted by molar-refractivity contribution is 5.78. The summed E-state index contributed by atoms with van der Waals surface area (Å²) >= 11 is 0. The Kier molecular flexibility index (Phi) is 7.57. The first-order valence-corrected chi connectivity index (χ1v) is 11.2. The molecule has 0 aromatic heterocycles. The van der Waals surface area contributed by atoms with Crippen molar-refractivity contribution in [2.45, 2.75) is 31.5 Å². The molecule has 2 unspecified atom stereocenters. The van der Waals surface area contributed by atoms with Gasteiger partial charge in [-0.2, -0.15) is 0 Å². The number of likely N-dealkylation sites (tertiary alicyclic amines) is 1. The summed E-state index contributed by atoms with van der Waals surface area (Å²) in [6.07, 6.45) is 2.21. The van der Waals surface area contributed by atoms with E-state index >= 15 is 0 Å². The Labute approximate surface area is 185 Å². The number of methoxy groups -OCH3 is 1. The average molecular weight is 424 g/mol. The smallest absolute Gasteiger partial charge is 0.234 e. The molecule has 2 aromatic rings. The van der Waals surface area contributed by atoms with Crippen LogP contribution in [0.1, 0.15) is 30.0 Å². The Bertz CT molecular complexity index is 845. The first-order chi connectivity index (χ1) is 15.2. The van der Waals surface area contributed by atoms with Gasteiger partial charge in [0.1, 0.15) is 5.75 Å². The van der Waals surface area contributed by atoms with Crippen LogP contribution in [0, 0.1) is 0 Å². The SMILES string of the molecule is COc1cccc(C2CCCN2CC(=O)NCC2CN(Cc3ccccc3)CCO2)c1. The molecule has 2 fully saturated rings. The van der Waals surface area contributed by atoms with Crippen molar-refractivity contribution in [2.24, 2.45) is 0 Å². The zero-order chi connectivity index (χ0) is 21.5. The van der Waals surface area contributed by atoms with Gasteiger partial charge < -0.3 is 14.8 Å². The van der Waals surface area contributed by atoms with Crippen LogP contribution in [0.3, 0.4) is 0 Å². The minimum absolute atomic E-state index is 0.0363. The quantitative estimate of drug-likeness (QED) is 0.708. The Hall–Kier alpha value is -2.41. The second-order valence-corrected chi connectivity index (χ2v) is 8.42. The molecule has 1 N–H and O–H groups in total. The van der Waals surface area contributed by atoms with E-state index in [9.17, 15) is 4.79 Å². The number of nitrogens with one attached hydrogen (secondary N) is 1. The average Bonchev–Trinajstić information content (AvgIpc) is 3.27. The van der Waals surface area contributed by atoms with Crippen LogP contribution in [0.2, 0.25) is 0 Å². The Morgan fingerprint density at radius 3 is 2.87 bits per heavy atom. The molecule has 6 nitrogen and oxygen atoms in total. The lowest BCUT2D eigenvalue weighted by Gasteiger charge is -2.33. The fourth-order valence-corrected chi connectivity index (χ4v) is 4.60. The van der Waals surface area contributed by atoms with Gasteiger partial charge in [-0.15, -0.1) is 0 Å². The van der Waals surface area contributed by atoms with Gasteiger partial charge in [0, 0.05) is 32.2 Å². The highest BCUT2D eigenvalue weighted by Gasteiger charge is 2.28. The van der Waals surface area contributed by atoms with Crippen molar-refractivity contribution in [3.05, 3.63) is 65.7 Å². The van der Waals surface area contributed by atoms with Gasteiger partial charge in [0.05, 0.1) is 26.4 Å². The third-order valence-electron chi connectivity index (χ3n) is 6.19. The molecule has 0 aliphatic carbocycles. The molecule has 2 heterocycles. The normalized spacial score (nSPS) is 22.4. The van der Waals surface area contributed by atoms with Crippen LogP contribution in [0.4, 0.5) is 0 Å². The van der Waals surface area contributed by atoms with Gasteiger partial charge in [-0.1, -0.05) is 42.5 Å². The summed E-state index contributed by atoms with van der Waals surface area (Å²) in [4.78, 5) is 17.3. The van der Waals surface area contributed by atoms with Crippen LogP contribution in [-0.4, -0.2) is 68.3 Å². The van der Waals surface area contributed by atoms with Crippen molar-refractivity contribution in [3.63, 3.8) is 0 Å². The fourth-order valence-electron chi connectivity index (χ4n) is 4.60. The molecule has 0 spiro atoms. The number of nitrogens with zero attached hydrogens (tertiary/aromatic N) is 2. The van der Waals surface area contributed by atoms with Crippen molar-refractivity contribution >= 4 is 5.91 Å². The fraction of sp³-hybridized carbons (Fsp3) is 0.480. The zero-order valence-corrected chi connectivity index (χ0v) is 18.3. The lowest BCUT2D eigenvalue weighted by Crippen LogP contribution is -2.48. The number of carbonyl (C=O) groups is 1. The van der Waals surface area contributed by atoms with Crippen molar-refractivity contribution in [1.29, 1.82) is 0 Å². The van der Waals surface area contributed by atoms with Gasteiger partial charge in [0.25, 0.3) is 0 Å². The minimum Gasteiger partial charge on any atom is -0.497 e. The molecule has 4 rings (SSSR count). The van der Waals surface area contributed by atoms with E-state index in [2.05, 4.69) is 51.5 Å². The second-order valence-electron chi connectivity index (χ2n) is 8.42. The molecule has 0 saturated carbocycles. The molecule has 2 aromatic carbocycles. The van der Waals surface area contributed by atoms with Crippen molar-refractivity contribution in [2.75, 3.05) is 46.4 Å². The van der Waals surface area contributed by atoms with E-state index in [1.54, 1.807) is 7.11 Å². The Morgan fingerprint density at radius 2 is 2.03 bits per heavy atom. The number of morpholine rings is 1. The number of amides is 1. The molecule has 2 aliphatic rings. The molecule has 1 amide bonds. The highest BCUT2D eigenvalue weighted by Crippen LogP contribution is 2.33. The van der Waals surface area contributed by atoms with Gasteiger partial charge in [-0.3, -0.25) is 14.6 Å². The van der Waals surface area contributed by atoms with E-state index in [1.165, 1.54) is 11.1 Å². The van der Waals surface area contributed by atoms with E-state index in [4.69, 9.17) is 9.47 Å². The first kappa shape index (κ1) is 21.8. The maximum absolute atomic E-state index is 12.7. The lowest BCUT2D eigenvalue weighted by molar-refractivity contribution is -0.123. The van der Waals surface area contributed by atoms with Crippen LogP contribution >= 0.6 is 0 Å². The summed E-state index contributed by atoms with van der Waals surface area (Å²) < 4.78 is 11.3. The number of rotatable bonds is 8. The monoisotopic (exact) mass is 423 g/mol. The second kappa shape index (κ2) is 10.8. The zero-order valence-electron chi connectivity index (χ0n) is 18.3. The Balaban J connectivity index is 1.24. The molecule has 31 heavy (non-hydrogen) atoms. The van der Waals surface area contributed by atoms with Gasteiger partial charge in [0.15, 0.2) is 0 Å². The van der Waals surface area contributed by atoms with Crippen LogP contribution in [0.15, 0.2) is 54.6 Å². The third-order valence-corrected chi connectivity index (χ3v) is 6.19. The van der Waals surface area contributed by atoms with Crippen LogP contribution in [-0.2, 0) is 16.1 Å². The summed E-state index contributed by atoms with van der Waals surface area (Å²) in [6.45, 7) is 5.31. The van der Waals surface area contributed by atoms with Crippen molar-refractivity contribution in [1.82, 2.24) is 15.1 Å². The molecular formula is C25H33N3O3. The predicted molar refractivity (Wildman–Crippen MR) is 121 cm³/mol. The molecule has 2 saturated heterocycles. The summed E-state index contributed by atoms with van der Waals surface area (Å²) in [5.74, 6) is 0.932. The van der Waals surface area contributed by atoms with Crippen LogP contribution < -0.4 is 10.1 Å². The molecule has 2 atom stereocenters. The lowest BCUT2D eigenvalue weighted by atomic mass is 10.0. The molecule has 0 radical (unpaired) electrons. The van der Waals surface area contributed by atoms with Crippen molar-refractivity contribution < 1.29 is 14.3 Å². The summed E-state index contributed by atoms with van der Waals surface area (Å²) in [6, 6.07) is 19.0. The maximum Gasteiger partial charge on any atom is 0.234 e. The summed E-state index contributed by atoms with van der Waals surface area (Å²) in [5.41, 5.74) is 2.53. The molecule has 0 bridgehead atoms. The molecule has 2 aliphatic heterocycles. The van der Waals surface area contributed by atoms with Gasteiger partial charge in [-0.25, -0.2) is 0 Å². The number of hydrogen-bond acceptors (Lipinski definition) is 5. The number of ether oxygens (including phenoxy) is 2. The number of carbonyl (C=O) groups excluding carboxylic acids is 1. The summed E-state index contributed by atoms with van der Waals surface area (Å²) in [7, 11) is 1.69. The molecular weight excluding hydrogens is 390 g/mol. The van der Waals surface area contributed by atoms with Crippen LogP contribution in [0.25, 0.3) is 0 Å². The number of hydrogen-bond donors (Lipinski definition) is 1. The largest absolute Gasteiger partial charge is 0.497 e. The topological polar surface area (TPSA) is 54.0 Å². The van der Waals surface area contributed by atoms with Gasteiger partial charge in [0.2, 0.25) is 5.91 Å². The maximum atomic E-state index is 12.7. The standard InChI is InChI=1S/C25H33N3O3/c1-30-22-10-5-9-21(15-22)24-11-6-12-28(24)19-25(29)26-16-23-18-27(13-14-31-23)17-20-7-3-2-4-8-20/h2-5,7-10,15,23-24H,6,11-14,16-19H2,1H3,(H,26,29). The van der Waals surface area contributed by atoms with Gasteiger partial charge >= 0.3 is 0 Å². The third kappa shape index (κ3) is 6.06. The van der Waals surface area contributed by atoms with Crippen LogP contribution in [0.5, 0.6) is 5.75 Å². The van der Waals surface area contributed by atoms with E-state index in [0.717, 1.165) is 44.8 Å². The highest BCUT2D eigenvalue weighted by atomic mass is 16.5. The van der Waals surface area contributed by atoms with E-state index in [0.29, 0.717) is 19.7 Å². The van der Waals surface area contributed by atoms with E-state index < -0.39 is 0 Å². The summed E-state index contributed by atoms with van der Waals surface area (Å²) in [5, 5.41) is 3.10. The minimum atomic E-state index is 0.0363. The Morgan fingerprint density at radius 1 is 1.16 bits per heavy atom. The van der Waals surface area contributed by atoms with E-state index in [-0.39, 0.29) is 18.1 Å². The predicted octanol–water partition coefficient (Wildman–Crippen LogP) is 2.85.